The standard InChI is InChI=1S/C9H18N2O2/c1-9(8-10,11-2)4-5-13-7-6-12-3/h11H,4-7H2,1-3H3. The molecule has 0 heterocycles. The number of methoxy groups -OCH3 is 1. The van der Waals surface area contributed by atoms with Crippen molar-refractivity contribution >= 4 is 0 Å². The zero-order chi connectivity index (χ0) is 10.2. The molecular weight excluding hydrogens is 168 g/mol. The van der Waals surface area contributed by atoms with Crippen LogP contribution in [0, 0.1) is 11.3 Å². The molecule has 0 bridgehead atoms. The fourth-order valence-electron chi connectivity index (χ4n) is 0.757. The Bertz CT molecular complexity index is 167. The monoisotopic (exact) mass is 186 g/mol. The lowest BCUT2D eigenvalue weighted by molar-refractivity contribution is 0.0635. The van der Waals surface area contributed by atoms with Crippen molar-refractivity contribution in [3.05, 3.63) is 0 Å². The third-order valence-electron chi connectivity index (χ3n) is 1.98. The molecule has 0 saturated carbocycles. The maximum Gasteiger partial charge on any atom is 0.105 e. The molecule has 0 aromatic rings. The van der Waals surface area contributed by atoms with Crippen LogP contribution in [0.15, 0.2) is 0 Å². The summed E-state index contributed by atoms with van der Waals surface area (Å²) >= 11 is 0. The first-order valence-corrected chi connectivity index (χ1v) is 4.35. The lowest BCUT2D eigenvalue weighted by Crippen LogP contribution is -2.39. The van der Waals surface area contributed by atoms with E-state index >= 15 is 0 Å². The van der Waals surface area contributed by atoms with Crippen molar-refractivity contribution in [2.24, 2.45) is 0 Å². The number of ether oxygens (including phenoxy) is 2. The Hall–Kier alpha value is -0.630. The lowest BCUT2D eigenvalue weighted by atomic mass is 10.0. The van der Waals surface area contributed by atoms with Gasteiger partial charge in [-0.2, -0.15) is 5.26 Å². The van der Waals surface area contributed by atoms with Gasteiger partial charge in [0.25, 0.3) is 0 Å². The highest BCUT2D eigenvalue weighted by Gasteiger charge is 2.20. The van der Waals surface area contributed by atoms with E-state index in [2.05, 4.69) is 11.4 Å². The Morgan fingerprint density at radius 2 is 2.08 bits per heavy atom. The molecule has 0 aliphatic heterocycles. The van der Waals surface area contributed by atoms with Gasteiger partial charge in [-0.15, -0.1) is 0 Å². The van der Waals surface area contributed by atoms with Gasteiger partial charge in [-0.1, -0.05) is 0 Å². The molecule has 0 aromatic carbocycles. The van der Waals surface area contributed by atoms with Crippen LogP contribution in [0.4, 0.5) is 0 Å². The van der Waals surface area contributed by atoms with Crippen molar-refractivity contribution in [2.45, 2.75) is 18.9 Å². The maximum absolute atomic E-state index is 8.80. The first kappa shape index (κ1) is 12.4. The molecule has 13 heavy (non-hydrogen) atoms. The zero-order valence-electron chi connectivity index (χ0n) is 8.59. The van der Waals surface area contributed by atoms with Gasteiger partial charge in [-0.25, -0.2) is 0 Å². The predicted molar refractivity (Wildman–Crippen MR) is 50.4 cm³/mol. The van der Waals surface area contributed by atoms with Gasteiger partial charge in [0.15, 0.2) is 0 Å². The van der Waals surface area contributed by atoms with Crippen LogP contribution in [-0.4, -0.2) is 39.5 Å². The van der Waals surface area contributed by atoms with Crippen molar-refractivity contribution < 1.29 is 9.47 Å². The summed E-state index contributed by atoms with van der Waals surface area (Å²) in [6, 6.07) is 2.20. The molecule has 0 spiro atoms. The quantitative estimate of drug-likeness (QED) is 0.590. The van der Waals surface area contributed by atoms with E-state index in [1.54, 1.807) is 14.2 Å². The molecule has 1 unspecified atom stereocenters. The maximum atomic E-state index is 8.80. The molecule has 0 saturated heterocycles. The summed E-state index contributed by atoms with van der Waals surface area (Å²) in [5.74, 6) is 0. The second-order valence-corrected chi connectivity index (χ2v) is 3.05. The topological polar surface area (TPSA) is 54.3 Å². The average Bonchev–Trinajstić information content (AvgIpc) is 2.17. The van der Waals surface area contributed by atoms with Gasteiger partial charge < -0.3 is 14.8 Å². The van der Waals surface area contributed by atoms with Crippen molar-refractivity contribution in [3.63, 3.8) is 0 Å². The first-order chi connectivity index (χ1) is 6.18. The van der Waals surface area contributed by atoms with Crippen molar-refractivity contribution in [1.82, 2.24) is 5.32 Å². The first-order valence-electron chi connectivity index (χ1n) is 4.35. The number of nitrogens with one attached hydrogen (secondary N) is 1. The molecular formula is C9H18N2O2. The van der Waals surface area contributed by atoms with Crippen LogP contribution in [0.2, 0.25) is 0 Å². The van der Waals surface area contributed by atoms with E-state index in [0.29, 0.717) is 26.2 Å². The SMILES string of the molecule is CNC(C)(C#N)CCOCCOC. The molecule has 4 nitrogen and oxygen atoms in total. The molecule has 0 amide bonds. The minimum atomic E-state index is -0.479. The van der Waals surface area contributed by atoms with E-state index in [9.17, 15) is 0 Å². The second-order valence-electron chi connectivity index (χ2n) is 3.05. The lowest BCUT2D eigenvalue weighted by Gasteiger charge is -2.20. The van der Waals surface area contributed by atoms with E-state index in [0.717, 1.165) is 0 Å². The highest BCUT2D eigenvalue weighted by Crippen LogP contribution is 2.06. The number of rotatable bonds is 7. The second kappa shape index (κ2) is 6.84. The van der Waals surface area contributed by atoms with E-state index in [1.165, 1.54) is 0 Å². The van der Waals surface area contributed by atoms with Gasteiger partial charge in [0.1, 0.15) is 5.54 Å². The van der Waals surface area contributed by atoms with Crippen molar-refractivity contribution in [3.8, 4) is 6.07 Å². The number of nitriles is 1. The number of hydrogen-bond donors (Lipinski definition) is 1. The van der Waals surface area contributed by atoms with Crippen LogP contribution in [0.25, 0.3) is 0 Å². The smallest absolute Gasteiger partial charge is 0.105 e. The van der Waals surface area contributed by atoms with Crippen LogP contribution in [0.1, 0.15) is 13.3 Å². The largest absolute Gasteiger partial charge is 0.382 e. The highest BCUT2D eigenvalue weighted by molar-refractivity contribution is 5.02. The molecule has 0 aromatic heterocycles. The summed E-state index contributed by atoms with van der Waals surface area (Å²) in [4.78, 5) is 0. The molecule has 0 aliphatic carbocycles. The minimum Gasteiger partial charge on any atom is -0.382 e. The van der Waals surface area contributed by atoms with E-state index in [-0.39, 0.29) is 0 Å². The molecule has 76 valence electrons. The summed E-state index contributed by atoms with van der Waals surface area (Å²) in [6.07, 6.45) is 0.684. The summed E-state index contributed by atoms with van der Waals surface area (Å²) in [6.45, 7) is 3.62. The molecule has 0 radical (unpaired) electrons. The summed E-state index contributed by atoms with van der Waals surface area (Å²) in [7, 11) is 3.41. The normalized spacial score (nSPS) is 14.9. The van der Waals surface area contributed by atoms with Crippen LogP contribution >= 0.6 is 0 Å². The zero-order valence-corrected chi connectivity index (χ0v) is 8.59. The third kappa shape index (κ3) is 5.58. The molecule has 1 atom stereocenters. The number of nitrogens with zero attached hydrogens (tertiary/aromatic N) is 1. The van der Waals surface area contributed by atoms with Gasteiger partial charge in [0.05, 0.1) is 19.3 Å². The van der Waals surface area contributed by atoms with Gasteiger partial charge in [-0.05, 0) is 14.0 Å². The molecule has 4 heteroatoms. The van der Waals surface area contributed by atoms with Crippen molar-refractivity contribution in [1.29, 1.82) is 5.26 Å². The summed E-state index contributed by atoms with van der Waals surface area (Å²) in [5, 5.41) is 11.7. The Balaban J connectivity index is 3.46. The highest BCUT2D eigenvalue weighted by atomic mass is 16.5. The van der Waals surface area contributed by atoms with Crippen LogP contribution in [0.5, 0.6) is 0 Å². The Kier molecular flexibility index (Phi) is 6.51. The van der Waals surface area contributed by atoms with Crippen molar-refractivity contribution in [2.75, 3.05) is 34.0 Å². The fourth-order valence-corrected chi connectivity index (χ4v) is 0.757. The van der Waals surface area contributed by atoms with Crippen LogP contribution < -0.4 is 5.32 Å². The molecule has 0 fully saturated rings. The minimum absolute atomic E-state index is 0.479. The van der Waals surface area contributed by atoms with E-state index < -0.39 is 5.54 Å². The summed E-state index contributed by atoms with van der Waals surface area (Å²) in [5.41, 5.74) is -0.479. The Labute approximate surface area is 79.8 Å². The van der Waals surface area contributed by atoms with Gasteiger partial charge in [-0.3, -0.25) is 0 Å². The summed E-state index contributed by atoms with van der Waals surface area (Å²) < 4.78 is 10.1. The van der Waals surface area contributed by atoms with E-state index in [1.807, 2.05) is 6.92 Å². The van der Waals surface area contributed by atoms with Gasteiger partial charge >= 0.3 is 0 Å². The van der Waals surface area contributed by atoms with E-state index in [4.69, 9.17) is 14.7 Å². The molecule has 1 N–H and O–H groups in total. The fraction of sp³-hybridized carbons (Fsp3) is 0.889. The Morgan fingerprint density at radius 1 is 1.38 bits per heavy atom. The Morgan fingerprint density at radius 3 is 2.54 bits per heavy atom. The van der Waals surface area contributed by atoms with Crippen LogP contribution in [0.3, 0.4) is 0 Å². The third-order valence-corrected chi connectivity index (χ3v) is 1.98. The molecule has 0 rings (SSSR count). The van der Waals surface area contributed by atoms with Gasteiger partial charge in [0, 0.05) is 20.1 Å². The van der Waals surface area contributed by atoms with Gasteiger partial charge in [0.2, 0.25) is 0 Å². The number of hydrogen-bond acceptors (Lipinski definition) is 4. The average molecular weight is 186 g/mol. The predicted octanol–water partition coefficient (Wildman–Crippen LogP) is 0.541. The van der Waals surface area contributed by atoms with Crippen LogP contribution in [-0.2, 0) is 9.47 Å². The molecule has 0 aliphatic rings.